The Kier molecular flexibility index (Phi) is 4.49. The molecule has 3 fully saturated rings. The van der Waals surface area contributed by atoms with E-state index in [0.29, 0.717) is 12.3 Å². The summed E-state index contributed by atoms with van der Waals surface area (Å²) in [6.07, 6.45) is 6.07. The zero-order valence-corrected chi connectivity index (χ0v) is 13.9. The number of esters is 1. The highest BCUT2D eigenvalue weighted by molar-refractivity contribution is 7.89. The molecule has 6 nitrogen and oxygen atoms in total. The minimum Gasteiger partial charge on any atom is -0.469 e. The van der Waals surface area contributed by atoms with Crippen LogP contribution in [0.1, 0.15) is 44.9 Å². The van der Waals surface area contributed by atoms with Gasteiger partial charge in [-0.05, 0) is 25.7 Å². The third-order valence-corrected chi connectivity index (χ3v) is 7.05. The first-order chi connectivity index (χ1) is 10.5. The predicted molar refractivity (Wildman–Crippen MR) is 80.7 cm³/mol. The molecule has 3 aliphatic rings. The van der Waals surface area contributed by atoms with Gasteiger partial charge in [-0.3, -0.25) is 4.79 Å². The number of nitrogens with one attached hydrogen (secondary N) is 1. The van der Waals surface area contributed by atoms with Gasteiger partial charge in [-0.2, -0.15) is 0 Å². The molecule has 1 spiro atoms. The molecule has 0 amide bonds. The molecule has 3 rings (SSSR count). The van der Waals surface area contributed by atoms with Gasteiger partial charge >= 0.3 is 5.97 Å². The largest absolute Gasteiger partial charge is 0.469 e. The van der Waals surface area contributed by atoms with E-state index >= 15 is 0 Å². The highest BCUT2D eigenvalue weighted by Crippen LogP contribution is 2.60. The predicted octanol–water partition coefficient (Wildman–Crippen LogP) is 1.21. The Labute approximate surface area is 132 Å². The summed E-state index contributed by atoms with van der Waals surface area (Å²) in [5.74, 6) is -0.0590. The van der Waals surface area contributed by atoms with Crippen LogP contribution in [-0.4, -0.2) is 46.0 Å². The molecule has 1 aliphatic heterocycles. The Morgan fingerprint density at radius 1 is 1.36 bits per heavy atom. The van der Waals surface area contributed by atoms with Crippen LogP contribution in [0.25, 0.3) is 0 Å². The van der Waals surface area contributed by atoms with Gasteiger partial charge < -0.3 is 9.47 Å². The van der Waals surface area contributed by atoms with Crippen molar-refractivity contribution in [3.8, 4) is 0 Å². The minimum atomic E-state index is -3.36. The van der Waals surface area contributed by atoms with Gasteiger partial charge in [0.15, 0.2) is 0 Å². The minimum absolute atomic E-state index is 0.0191. The molecule has 1 heterocycles. The number of carbonyl (C=O) groups excluding carboxylic acids is 1. The summed E-state index contributed by atoms with van der Waals surface area (Å²) in [6, 6.07) is 0.0191. The summed E-state index contributed by atoms with van der Waals surface area (Å²) in [4.78, 5) is 11.1. The molecule has 0 aromatic heterocycles. The number of fused-ring (bicyclic) bond motifs is 2. The van der Waals surface area contributed by atoms with Gasteiger partial charge in [0.1, 0.15) is 0 Å². The fourth-order valence-corrected chi connectivity index (χ4v) is 6.06. The molecule has 0 bridgehead atoms. The molecule has 1 saturated heterocycles. The van der Waals surface area contributed by atoms with Crippen LogP contribution < -0.4 is 4.72 Å². The molecule has 2 saturated carbocycles. The summed E-state index contributed by atoms with van der Waals surface area (Å²) in [5.41, 5.74) is 0.0244. The molecule has 126 valence electrons. The van der Waals surface area contributed by atoms with Crippen LogP contribution in [-0.2, 0) is 24.3 Å². The van der Waals surface area contributed by atoms with E-state index in [9.17, 15) is 13.2 Å². The topological polar surface area (TPSA) is 81.7 Å². The van der Waals surface area contributed by atoms with E-state index in [1.54, 1.807) is 0 Å². The number of sulfonamides is 1. The van der Waals surface area contributed by atoms with Crippen LogP contribution in [0.3, 0.4) is 0 Å². The molecule has 0 unspecified atom stereocenters. The lowest BCUT2D eigenvalue weighted by Crippen LogP contribution is -2.68. The van der Waals surface area contributed by atoms with E-state index in [-0.39, 0.29) is 35.7 Å². The number of hydrogen-bond donors (Lipinski definition) is 1. The molecule has 7 heteroatoms. The van der Waals surface area contributed by atoms with E-state index in [0.717, 1.165) is 38.7 Å². The quantitative estimate of drug-likeness (QED) is 0.740. The Bertz CT molecular complexity index is 526. The number of rotatable bonds is 6. The third kappa shape index (κ3) is 2.78. The van der Waals surface area contributed by atoms with Gasteiger partial charge in [0.25, 0.3) is 0 Å². The van der Waals surface area contributed by atoms with Crippen molar-refractivity contribution in [2.75, 3.05) is 19.5 Å². The van der Waals surface area contributed by atoms with Crippen molar-refractivity contribution in [3.05, 3.63) is 0 Å². The Morgan fingerprint density at radius 3 is 2.77 bits per heavy atom. The second kappa shape index (κ2) is 6.09. The summed E-state index contributed by atoms with van der Waals surface area (Å²) in [5, 5.41) is 0. The average molecular weight is 331 g/mol. The first-order valence-electron chi connectivity index (χ1n) is 8.17. The monoisotopic (exact) mass is 331 g/mol. The van der Waals surface area contributed by atoms with Crippen molar-refractivity contribution < 1.29 is 22.7 Å². The second-order valence-electron chi connectivity index (χ2n) is 6.78. The second-order valence-corrected chi connectivity index (χ2v) is 8.65. The van der Waals surface area contributed by atoms with Crippen molar-refractivity contribution >= 4 is 16.0 Å². The fraction of sp³-hybridized carbons (Fsp3) is 0.933. The molecule has 2 aliphatic carbocycles. The standard InChI is InChI=1S/C15H25NO5S/c1-20-12(17)5-4-10-22(18,19)16-13-11-6-9-21-14(11)15(13)7-2-3-8-15/h11,13-14,16H,2-10H2,1H3/t11-,13-,14-/m1/s1. The van der Waals surface area contributed by atoms with E-state index in [2.05, 4.69) is 9.46 Å². The lowest BCUT2D eigenvalue weighted by Gasteiger charge is -2.56. The van der Waals surface area contributed by atoms with Gasteiger partial charge in [0, 0.05) is 30.4 Å². The fourth-order valence-electron chi connectivity index (χ4n) is 4.62. The van der Waals surface area contributed by atoms with Crippen LogP contribution >= 0.6 is 0 Å². The first kappa shape index (κ1) is 16.2. The molecular formula is C15H25NO5S. The number of carbonyl (C=O) groups is 1. The van der Waals surface area contributed by atoms with Gasteiger partial charge in [-0.15, -0.1) is 0 Å². The zero-order valence-electron chi connectivity index (χ0n) is 13.0. The highest BCUT2D eigenvalue weighted by atomic mass is 32.2. The Balaban J connectivity index is 1.60. The van der Waals surface area contributed by atoms with Crippen molar-refractivity contribution in [2.45, 2.75) is 57.1 Å². The van der Waals surface area contributed by atoms with Crippen molar-refractivity contribution in [2.24, 2.45) is 11.3 Å². The van der Waals surface area contributed by atoms with E-state index < -0.39 is 10.0 Å². The lowest BCUT2D eigenvalue weighted by molar-refractivity contribution is -0.140. The summed E-state index contributed by atoms with van der Waals surface area (Å²) in [6.45, 7) is 0.748. The van der Waals surface area contributed by atoms with Crippen LogP contribution in [0, 0.1) is 11.3 Å². The Morgan fingerprint density at radius 2 is 2.09 bits per heavy atom. The van der Waals surface area contributed by atoms with Gasteiger partial charge in [0.05, 0.1) is 19.0 Å². The van der Waals surface area contributed by atoms with Crippen molar-refractivity contribution in [1.29, 1.82) is 0 Å². The summed E-state index contributed by atoms with van der Waals surface area (Å²) < 4.78 is 38.0. The molecule has 3 atom stereocenters. The van der Waals surface area contributed by atoms with Gasteiger partial charge in [-0.25, -0.2) is 13.1 Å². The summed E-state index contributed by atoms with van der Waals surface area (Å²) >= 11 is 0. The Hall–Kier alpha value is -0.660. The third-order valence-electron chi connectivity index (χ3n) is 5.61. The summed E-state index contributed by atoms with van der Waals surface area (Å²) in [7, 11) is -2.05. The molecular weight excluding hydrogens is 306 g/mol. The molecule has 1 N–H and O–H groups in total. The molecule has 0 aromatic carbocycles. The maximum atomic E-state index is 12.3. The SMILES string of the molecule is COC(=O)CCCS(=O)(=O)N[C@@H]1[C@H]2CCO[C@H]2C12CCCC2. The van der Waals surface area contributed by atoms with Gasteiger partial charge in [0.2, 0.25) is 10.0 Å². The smallest absolute Gasteiger partial charge is 0.305 e. The van der Waals surface area contributed by atoms with Crippen molar-refractivity contribution in [1.82, 2.24) is 4.72 Å². The number of ether oxygens (including phenoxy) is 2. The van der Waals surface area contributed by atoms with Crippen LogP contribution in [0.2, 0.25) is 0 Å². The average Bonchev–Trinajstić information content (AvgIpc) is 3.13. The van der Waals surface area contributed by atoms with Gasteiger partial charge in [-0.1, -0.05) is 12.8 Å². The molecule has 0 aromatic rings. The van der Waals surface area contributed by atoms with Crippen molar-refractivity contribution in [3.63, 3.8) is 0 Å². The number of hydrogen-bond acceptors (Lipinski definition) is 5. The zero-order chi connectivity index (χ0) is 15.8. The lowest BCUT2D eigenvalue weighted by atomic mass is 9.55. The number of methoxy groups -OCH3 is 1. The highest BCUT2D eigenvalue weighted by Gasteiger charge is 2.65. The maximum absolute atomic E-state index is 12.3. The van der Waals surface area contributed by atoms with Crippen LogP contribution in [0.15, 0.2) is 0 Å². The normalized spacial score (nSPS) is 32.7. The first-order valence-corrected chi connectivity index (χ1v) is 9.82. The van der Waals surface area contributed by atoms with E-state index in [1.807, 2.05) is 0 Å². The van der Waals surface area contributed by atoms with E-state index in [1.165, 1.54) is 7.11 Å². The van der Waals surface area contributed by atoms with Crippen LogP contribution in [0.4, 0.5) is 0 Å². The molecule has 0 radical (unpaired) electrons. The maximum Gasteiger partial charge on any atom is 0.305 e. The molecule has 22 heavy (non-hydrogen) atoms. The van der Waals surface area contributed by atoms with E-state index in [4.69, 9.17) is 4.74 Å². The van der Waals surface area contributed by atoms with Crippen LogP contribution in [0.5, 0.6) is 0 Å².